The fourth-order valence-electron chi connectivity index (χ4n) is 3.19. The number of amides is 1. The quantitative estimate of drug-likeness (QED) is 0.725. The number of fused-ring (bicyclic) bond motifs is 2. The number of hydrogen-bond acceptors (Lipinski definition) is 2. The zero-order valence-electron chi connectivity index (χ0n) is 12.9. The first-order valence-electron chi connectivity index (χ1n) is 7.89. The van der Waals surface area contributed by atoms with Crippen LogP contribution in [0.25, 0.3) is 17.0 Å². The van der Waals surface area contributed by atoms with Gasteiger partial charge in [0.25, 0.3) is 0 Å². The minimum atomic E-state index is -0.227. The van der Waals surface area contributed by atoms with Crippen molar-refractivity contribution in [1.29, 1.82) is 0 Å². The van der Waals surface area contributed by atoms with E-state index in [9.17, 15) is 9.18 Å². The summed E-state index contributed by atoms with van der Waals surface area (Å²) in [6.45, 7) is 0. The summed E-state index contributed by atoms with van der Waals surface area (Å²) in [5, 5.41) is 10.9. The van der Waals surface area contributed by atoms with Gasteiger partial charge in [-0.2, -0.15) is 5.10 Å². The summed E-state index contributed by atoms with van der Waals surface area (Å²) in [5.41, 5.74) is 3.85. The number of carbonyl (C=O) groups is 1. The van der Waals surface area contributed by atoms with Crippen molar-refractivity contribution in [3.05, 3.63) is 71.2 Å². The lowest BCUT2D eigenvalue weighted by Gasteiger charge is -2.12. The van der Waals surface area contributed by atoms with Crippen molar-refractivity contribution >= 4 is 22.9 Å². The van der Waals surface area contributed by atoms with E-state index in [2.05, 4.69) is 15.5 Å². The number of rotatable bonds is 3. The maximum absolute atomic E-state index is 13.2. The van der Waals surface area contributed by atoms with Gasteiger partial charge in [0, 0.05) is 11.5 Å². The second-order valence-electron chi connectivity index (χ2n) is 5.99. The molecule has 5 heteroatoms. The van der Waals surface area contributed by atoms with E-state index in [0.29, 0.717) is 0 Å². The van der Waals surface area contributed by atoms with Crippen LogP contribution in [0.1, 0.15) is 29.2 Å². The zero-order chi connectivity index (χ0) is 16.5. The van der Waals surface area contributed by atoms with Crippen molar-refractivity contribution in [2.24, 2.45) is 0 Å². The van der Waals surface area contributed by atoms with Crippen molar-refractivity contribution in [3.8, 4) is 0 Å². The molecule has 1 aliphatic rings. The minimum absolute atomic E-state index is 0.0483. The summed E-state index contributed by atoms with van der Waals surface area (Å²) < 4.78 is 13.2. The molecule has 2 aromatic carbocycles. The third kappa shape index (κ3) is 2.80. The summed E-state index contributed by atoms with van der Waals surface area (Å²) in [7, 11) is 0. The summed E-state index contributed by atoms with van der Waals surface area (Å²) in [6, 6.07) is 10.6. The number of halogens is 1. The van der Waals surface area contributed by atoms with Crippen LogP contribution in [0.5, 0.6) is 0 Å². The molecule has 1 amide bonds. The molecular weight excluding hydrogens is 305 g/mol. The second-order valence-corrected chi connectivity index (χ2v) is 5.99. The lowest BCUT2D eigenvalue weighted by Crippen LogP contribution is -2.25. The SMILES string of the molecule is O=C(/C=C/c1ccc2cn[nH]c2c1)NC1CCc2cc(F)ccc21. The lowest BCUT2D eigenvalue weighted by molar-refractivity contribution is -0.117. The Hall–Kier alpha value is -2.95. The predicted octanol–water partition coefficient (Wildman–Crippen LogP) is 3.52. The van der Waals surface area contributed by atoms with E-state index < -0.39 is 0 Å². The third-order valence-corrected chi connectivity index (χ3v) is 4.39. The molecule has 0 saturated carbocycles. The maximum Gasteiger partial charge on any atom is 0.244 e. The Bertz CT molecular complexity index is 945. The average molecular weight is 321 g/mol. The monoisotopic (exact) mass is 321 g/mol. The van der Waals surface area contributed by atoms with Gasteiger partial charge < -0.3 is 5.32 Å². The number of hydrogen-bond donors (Lipinski definition) is 2. The van der Waals surface area contributed by atoms with Crippen molar-refractivity contribution in [3.63, 3.8) is 0 Å². The number of aromatic nitrogens is 2. The summed E-state index contributed by atoms with van der Waals surface area (Å²) in [5.74, 6) is -0.378. The first-order valence-corrected chi connectivity index (χ1v) is 7.89. The Labute approximate surface area is 138 Å². The predicted molar refractivity (Wildman–Crippen MR) is 90.7 cm³/mol. The van der Waals surface area contributed by atoms with Gasteiger partial charge in [0.1, 0.15) is 5.82 Å². The summed E-state index contributed by atoms with van der Waals surface area (Å²) >= 11 is 0. The van der Waals surface area contributed by atoms with Gasteiger partial charge in [-0.1, -0.05) is 18.2 Å². The molecule has 0 fully saturated rings. The van der Waals surface area contributed by atoms with Crippen LogP contribution in [0.2, 0.25) is 0 Å². The van der Waals surface area contributed by atoms with Crippen LogP contribution in [-0.2, 0) is 11.2 Å². The van der Waals surface area contributed by atoms with Gasteiger partial charge in [-0.15, -0.1) is 0 Å². The number of H-pyrrole nitrogens is 1. The number of benzene rings is 2. The Morgan fingerprint density at radius 2 is 2.21 bits per heavy atom. The Balaban J connectivity index is 1.45. The standard InChI is InChI=1S/C19H16FN3O/c20-15-5-6-16-13(10-15)4-7-17(16)22-19(24)8-2-12-1-3-14-11-21-23-18(14)9-12/h1-3,5-6,8-11,17H,4,7H2,(H,21,23)(H,22,24)/b8-2+. The number of nitrogens with one attached hydrogen (secondary N) is 2. The van der Waals surface area contributed by atoms with Gasteiger partial charge in [-0.3, -0.25) is 9.89 Å². The first kappa shape index (κ1) is 14.6. The van der Waals surface area contributed by atoms with Gasteiger partial charge in [0.05, 0.1) is 17.8 Å². The van der Waals surface area contributed by atoms with Gasteiger partial charge in [-0.05, 0) is 53.8 Å². The maximum atomic E-state index is 13.2. The van der Waals surface area contributed by atoms with Crippen LogP contribution in [0.15, 0.2) is 48.7 Å². The molecule has 4 rings (SSSR count). The topological polar surface area (TPSA) is 57.8 Å². The molecule has 120 valence electrons. The minimum Gasteiger partial charge on any atom is -0.346 e. The molecule has 0 aliphatic heterocycles. The van der Waals surface area contributed by atoms with Gasteiger partial charge in [0.2, 0.25) is 5.91 Å². The highest BCUT2D eigenvalue weighted by molar-refractivity contribution is 5.92. The molecule has 1 aromatic heterocycles. The average Bonchev–Trinajstić information content (AvgIpc) is 3.19. The van der Waals surface area contributed by atoms with E-state index >= 15 is 0 Å². The Kier molecular flexibility index (Phi) is 3.61. The first-order chi connectivity index (χ1) is 11.7. The van der Waals surface area contributed by atoms with E-state index in [0.717, 1.165) is 40.4 Å². The second kappa shape index (κ2) is 5.92. The zero-order valence-corrected chi connectivity index (χ0v) is 12.9. The van der Waals surface area contributed by atoms with E-state index in [1.807, 2.05) is 18.2 Å². The number of aryl methyl sites for hydroxylation is 1. The van der Waals surface area contributed by atoms with Crippen LogP contribution >= 0.6 is 0 Å². The normalized spacial score (nSPS) is 16.6. The highest BCUT2D eigenvalue weighted by atomic mass is 19.1. The molecule has 2 N–H and O–H groups in total. The van der Waals surface area contributed by atoms with Crippen LogP contribution in [0.3, 0.4) is 0 Å². The fraction of sp³-hybridized carbons (Fsp3) is 0.158. The number of nitrogens with zero attached hydrogens (tertiary/aromatic N) is 1. The van der Waals surface area contributed by atoms with Crippen molar-refractivity contribution < 1.29 is 9.18 Å². The molecule has 1 heterocycles. The molecule has 1 atom stereocenters. The van der Waals surface area contributed by atoms with E-state index in [1.54, 1.807) is 24.4 Å². The smallest absolute Gasteiger partial charge is 0.244 e. The molecular formula is C19H16FN3O. The summed E-state index contributed by atoms with van der Waals surface area (Å²) in [4.78, 5) is 12.2. The van der Waals surface area contributed by atoms with Crippen LogP contribution in [0.4, 0.5) is 4.39 Å². The molecule has 0 spiro atoms. The van der Waals surface area contributed by atoms with Crippen molar-refractivity contribution in [1.82, 2.24) is 15.5 Å². The van der Waals surface area contributed by atoms with Crippen LogP contribution < -0.4 is 5.32 Å². The van der Waals surface area contributed by atoms with E-state index in [-0.39, 0.29) is 17.8 Å². The molecule has 3 aromatic rings. The van der Waals surface area contributed by atoms with Gasteiger partial charge >= 0.3 is 0 Å². The van der Waals surface area contributed by atoms with Crippen LogP contribution in [0, 0.1) is 5.82 Å². The Morgan fingerprint density at radius 1 is 1.29 bits per heavy atom. The molecule has 4 nitrogen and oxygen atoms in total. The number of carbonyl (C=O) groups excluding carboxylic acids is 1. The van der Waals surface area contributed by atoms with Gasteiger partial charge in [0.15, 0.2) is 0 Å². The highest BCUT2D eigenvalue weighted by Gasteiger charge is 2.23. The largest absolute Gasteiger partial charge is 0.346 e. The fourth-order valence-corrected chi connectivity index (χ4v) is 3.19. The van der Waals surface area contributed by atoms with Crippen LogP contribution in [-0.4, -0.2) is 16.1 Å². The molecule has 24 heavy (non-hydrogen) atoms. The molecule has 1 aliphatic carbocycles. The van der Waals surface area contributed by atoms with E-state index in [4.69, 9.17) is 0 Å². The molecule has 0 radical (unpaired) electrons. The molecule has 1 unspecified atom stereocenters. The van der Waals surface area contributed by atoms with Crippen molar-refractivity contribution in [2.45, 2.75) is 18.9 Å². The summed E-state index contributed by atoms with van der Waals surface area (Å²) in [6.07, 6.45) is 6.65. The number of aromatic amines is 1. The van der Waals surface area contributed by atoms with Gasteiger partial charge in [-0.25, -0.2) is 4.39 Å². The lowest BCUT2D eigenvalue weighted by atomic mass is 10.1. The molecule has 0 bridgehead atoms. The third-order valence-electron chi connectivity index (χ3n) is 4.39. The van der Waals surface area contributed by atoms with E-state index in [1.165, 1.54) is 12.1 Å². The Morgan fingerprint density at radius 3 is 3.12 bits per heavy atom. The highest BCUT2D eigenvalue weighted by Crippen LogP contribution is 2.31. The van der Waals surface area contributed by atoms with Crippen molar-refractivity contribution in [2.75, 3.05) is 0 Å². The molecule has 0 saturated heterocycles.